The number of nitrogens with zero attached hydrogens (tertiary/aromatic N) is 1. The van der Waals surface area contributed by atoms with Crippen LogP contribution in [0.3, 0.4) is 0 Å². The van der Waals surface area contributed by atoms with Crippen LogP contribution < -0.4 is 0 Å². The third-order valence-electron chi connectivity index (χ3n) is 6.62. The quantitative estimate of drug-likeness (QED) is 0.560. The highest BCUT2D eigenvalue weighted by Gasteiger charge is 2.56. The van der Waals surface area contributed by atoms with Crippen molar-refractivity contribution in [3.05, 3.63) is 33.8 Å². The number of hydrogen-bond acceptors (Lipinski definition) is 3. The van der Waals surface area contributed by atoms with Crippen molar-refractivity contribution < 1.29 is 15.1 Å². The highest BCUT2D eigenvalue weighted by Crippen LogP contribution is 2.58. The van der Waals surface area contributed by atoms with Crippen molar-refractivity contribution in [2.24, 2.45) is 16.5 Å². The Balaban J connectivity index is 2.25. The van der Waals surface area contributed by atoms with Crippen LogP contribution in [0, 0.1) is 11.3 Å². The van der Waals surface area contributed by atoms with Crippen LogP contribution in [0.4, 0.5) is 0 Å². The largest absolute Gasteiger partial charge is 0.481 e. The molecule has 3 atom stereocenters. The minimum atomic E-state index is -0.830. The molecule has 1 aromatic carbocycles. The molecule has 1 fully saturated rings. The Morgan fingerprint density at radius 3 is 2.56 bits per heavy atom. The number of carboxylic acid groups (broad SMARTS) is 1. The Morgan fingerprint density at radius 1 is 1.32 bits per heavy atom. The first kappa shape index (κ1) is 18.2. The summed E-state index contributed by atoms with van der Waals surface area (Å²) in [4.78, 5) is 12.1. The average molecular weight is 364 g/mol. The zero-order valence-electron chi connectivity index (χ0n) is 15.3. The van der Waals surface area contributed by atoms with Crippen LogP contribution in [-0.2, 0) is 10.2 Å². The van der Waals surface area contributed by atoms with Crippen molar-refractivity contribution in [1.29, 1.82) is 0 Å². The summed E-state index contributed by atoms with van der Waals surface area (Å²) in [6, 6.07) is 4.02. The summed E-state index contributed by atoms with van der Waals surface area (Å²) in [5.41, 5.74) is 2.44. The van der Waals surface area contributed by atoms with Gasteiger partial charge in [0.1, 0.15) is 0 Å². The number of carbonyl (C=O) groups is 1. The molecule has 1 aromatic rings. The van der Waals surface area contributed by atoms with E-state index >= 15 is 0 Å². The van der Waals surface area contributed by atoms with E-state index in [1.807, 2.05) is 19.1 Å². The Labute approximate surface area is 153 Å². The van der Waals surface area contributed by atoms with Gasteiger partial charge in [-0.1, -0.05) is 43.9 Å². The van der Waals surface area contributed by atoms with Crippen molar-refractivity contribution in [2.45, 2.75) is 64.7 Å². The van der Waals surface area contributed by atoms with Crippen molar-refractivity contribution in [3.8, 4) is 0 Å². The number of halogens is 1. The van der Waals surface area contributed by atoms with E-state index in [1.165, 1.54) is 0 Å². The van der Waals surface area contributed by atoms with E-state index in [0.29, 0.717) is 23.6 Å². The fourth-order valence-electron chi connectivity index (χ4n) is 5.05. The predicted molar refractivity (Wildman–Crippen MR) is 98.9 cm³/mol. The van der Waals surface area contributed by atoms with Crippen LogP contribution in [0.25, 0.3) is 0 Å². The molecule has 4 nitrogen and oxygen atoms in total. The molecule has 1 unspecified atom stereocenters. The van der Waals surface area contributed by atoms with Crippen LogP contribution >= 0.6 is 11.6 Å². The van der Waals surface area contributed by atoms with Crippen LogP contribution in [0.2, 0.25) is 5.02 Å². The molecule has 0 bridgehead atoms. The first-order chi connectivity index (χ1) is 11.6. The summed E-state index contributed by atoms with van der Waals surface area (Å²) in [5.74, 6) is -0.626. The topological polar surface area (TPSA) is 69.9 Å². The second-order valence-electron chi connectivity index (χ2n) is 8.37. The summed E-state index contributed by atoms with van der Waals surface area (Å²) in [6.07, 6.45) is 2.91. The van der Waals surface area contributed by atoms with Gasteiger partial charge in [-0.05, 0) is 66.7 Å². The normalized spacial score (nSPS) is 33.2. The molecule has 0 amide bonds. The van der Waals surface area contributed by atoms with E-state index in [-0.39, 0.29) is 17.3 Å². The molecule has 0 spiro atoms. The van der Waals surface area contributed by atoms with E-state index in [4.69, 9.17) is 11.6 Å². The Morgan fingerprint density at radius 2 is 2.00 bits per heavy atom. The van der Waals surface area contributed by atoms with Gasteiger partial charge >= 0.3 is 5.97 Å². The van der Waals surface area contributed by atoms with E-state index in [2.05, 4.69) is 25.9 Å². The third kappa shape index (κ3) is 2.57. The number of rotatable bonds is 2. The molecule has 25 heavy (non-hydrogen) atoms. The van der Waals surface area contributed by atoms with E-state index in [1.54, 1.807) is 0 Å². The summed E-state index contributed by atoms with van der Waals surface area (Å²) in [5, 5.41) is 23.8. The molecular formula is C20H26ClNO3. The monoisotopic (exact) mass is 363 g/mol. The summed E-state index contributed by atoms with van der Waals surface area (Å²) in [6.45, 7) is 8.15. The molecule has 0 radical (unpaired) electrons. The summed E-state index contributed by atoms with van der Waals surface area (Å²) < 4.78 is 0. The van der Waals surface area contributed by atoms with Crippen molar-refractivity contribution >= 4 is 23.3 Å². The van der Waals surface area contributed by atoms with Gasteiger partial charge in [0.25, 0.3) is 0 Å². The molecule has 2 aliphatic carbocycles. The molecule has 3 rings (SSSR count). The van der Waals surface area contributed by atoms with Gasteiger partial charge in [-0.2, -0.15) is 0 Å². The molecule has 5 heteroatoms. The Bertz CT molecular complexity index is 758. The lowest BCUT2D eigenvalue weighted by Crippen LogP contribution is -2.53. The number of oxime groups is 1. The first-order valence-electron chi connectivity index (χ1n) is 8.93. The Kier molecular flexibility index (Phi) is 4.39. The van der Waals surface area contributed by atoms with Crippen molar-refractivity contribution in [1.82, 2.24) is 0 Å². The molecule has 1 saturated carbocycles. The SMILES string of the molecule is CC(C)c1cc2c(cc1Cl)[C@@]1(C)CCC[C@@](C)(C(=O)O)C1CC2=NO. The zero-order valence-corrected chi connectivity index (χ0v) is 16.0. The lowest BCUT2D eigenvalue weighted by molar-refractivity contribution is -0.156. The molecular weight excluding hydrogens is 338 g/mol. The van der Waals surface area contributed by atoms with E-state index in [9.17, 15) is 15.1 Å². The van der Waals surface area contributed by atoms with Gasteiger partial charge in [-0.3, -0.25) is 4.79 Å². The van der Waals surface area contributed by atoms with Gasteiger partial charge in [0.05, 0.1) is 11.1 Å². The van der Waals surface area contributed by atoms with Gasteiger partial charge in [0.2, 0.25) is 0 Å². The van der Waals surface area contributed by atoms with E-state index in [0.717, 1.165) is 29.5 Å². The fourth-order valence-corrected chi connectivity index (χ4v) is 5.43. The van der Waals surface area contributed by atoms with Gasteiger partial charge < -0.3 is 10.3 Å². The second-order valence-corrected chi connectivity index (χ2v) is 8.78. The second kappa shape index (κ2) is 6.01. The van der Waals surface area contributed by atoms with Crippen LogP contribution in [0.5, 0.6) is 0 Å². The average Bonchev–Trinajstić information content (AvgIpc) is 2.54. The fraction of sp³-hybridized carbons (Fsp3) is 0.600. The van der Waals surface area contributed by atoms with Gasteiger partial charge in [0.15, 0.2) is 0 Å². The maximum absolute atomic E-state index is 12.1. The molecule has 0 aliphatic heterocycles. The molecule has 2 N–H and O–H groups in total. The Hall–Kier alpha value is -1.55. The standard InChI is InChI=1S/C20H26ClNO3/c1-11(2)12-8-13-14(9-15(12)21)19(3)6-5-7-20(4,18(23)24)17(19)10-16(13)22-25/h8-9,11,17,25H,5-7,10H2,1-4H3,(H,23,24)/t17?,19-,20-/m1/s1. The van der Waals surface area contributed by atoms with Gasteiger partial charge in [0, 0.05) is 10.6 Å². The maximum Gasteiger partial charge on any atom is 0.309 e. The minimum absolute atomic E-state index is 0.120. The van der Waals surface area contributed by atoms with Crippen LogP contribution in [-0.4, -0.2) is 22.0 Å². The predicted octanol–water partition coefficient (Wildman–Crippen LogP) is 5.19. The number of aliphatic carboxylic acids is 1. The lowest BCUT2D eigenvalue weighted by Gasteiger charge is -2.53. The summed E-state index contributed by atoms with van der Waals surface area (Å²) >= 11 is 6.56. The molecule has 0 saturated heterocycles. The number of carboxylic acids is 1. The molecule has 0 aromatic heterocycles. The zero-order chi connectivity index (χ0) is 18.6. The maximum atomic E-state index is 12.1. The first-order valence-corrected chi connectivity index (χ1v) is 9.31. The third-order valence-corrected chi connectivity index (χ3v) is 6.95. The highest BCUT2D eigenvalue weighted by atomic mass is 35.5. The van der Waals surface area contributed by atoms with Gasteiger partial charge in [-0.15, -0.1) is 0 Å². The number of hydrogen-bond donors (Lipinski definition) is 2. The van der Waals surface area contributed by atoms with Gasteiger partial charge in [-0.25, -0.2) is 0 Å². The molecule has 2 aliphatic rings. The molecule has 0 heterocycles. The van der Waals surface area contributed by atoms with Crippen LogP contribution in [0.15, 0.2) is 17.3 Å². The lowest BCUT2D eigenvalue weighted by atomic mass is 9.49. The highest BCUT2D eigenvalue weighted by molar-refractivity contribution is 6.31. The van der Waals surface area contributed by atoms with Crippen molar-refractivity contribution in [3.63, 3.8) is 0 Å². The number of benzene rings is 1. The number of fused-ring (bicyclic) bond motifs is 3. The smallest absolute Gasteiger partial charge is 0.309 e. The van der Waals surface area contributed by atoms with Crippen molar-refractivity contribution in [2.75, 3.05) is 0 Å². The molecule has 136 valence electrons. The van der Waals surface area contributed by atoms with E-state index < -0.39 is 11.4 Å². The van der Waals surface area contributed by atoms with Crippen LogP contribution in [0.1, 0.15) is 76.0 Å². The minimum Gasteiger partial charge on any atom is -0.481 e. The summed E-state index contributed by atoms with van der Waals surface area (Å²) in [7, 11) is 0.